The Morgan fingerprint density at radius 3 is 2.26 bits per heavy atom. The van der Waals surface area contributed by atoms with Gasteiger partial charge in [0, 0.05) is 6.42 Å². The van der Waals surface area contributed by atoms with Gasteiger partial charge in [-0.3, -0.25) is 4.79 Å². The first-order chi connectivity index (χ1) is 8.84. The first-order valence-corrected chi connectivity index (χ1v) is 5.61. The minimum absolute atomic E-state index is 0.110. The molecule has 0 aliphatic rings. The van der Waals surface area contributed by atoms with Crippen molar-refractivity contribution >= 4 is 17.7 Å². The molecule has 0 saturated carbocycles. The standard InChI is InChI=1S/C14H14O5/c1-8(2)11(15)7-6-9-4-3-5-10(13(16)17)12(9)14(18)19/h3-5H,1,6-7H2,2H3,(H,16,17)(H,18,19). The molecule has 0 aromatic heterocycles. The van der Waals surface area contributed by atoms with Crippen LogP contribution in [0.2, 0.25) is 0 Å². The van der Waals surface area contributed by atoms with Crippen molar-refractivity contribution in [2.75, 3.05) is 0 Å². The van der Waals surface area contributed by atoms with E-state index in [1.165, 1.54) is 18.2 Å². The van der Waals surface area contributed by atoms with Gasteiger partial charge in [-0.25, -0.2) is 9.59 Å². The fourth-order valence-corrected chi connectivity index (χ4v) is 1.70. The summed E-state index contributed by atoms with van der Waals surface area (Å²) in [4.78, 5) is 33.6. The van der Waals surface area contributed by atoms with Gasteiger partial charge in [0.05, 0.1) is 11.1 Å². The Hall–Kier alpha value is -2.43. The molecule has 0 spiro atoms. The van der Waals surface area contributed by atoms with Gasteiger partial charge < -0.3 is 10.2 Å². The van der Waals surface area contributed by atoms with Gasteiger partial charge in [-0.15, -0.1) is 0 Å². The summed E-state index contributed by atoms with van der Waals surface area (Å²) < 4.78 is 0. The summed E-state index contributed by atoms with van der Waals surface area (Å²) in [6.45, 7) is 5.09. The summed E-state index contributed by atoms with van der Waals surface area (Å²) in [7, 11) is 0. The number of hydrogen-bond acceptors (Lipinski definition) is 3. The molecule has 0 unspecified atom stereocenters. The van der Waals surface area contributed by atoms with Crippen LogP contribution in [0, 0.1) is 0 Å². The van der Waals surface area contributed by atoms with Gasteiger partial charge >= 0.3 is 11.9 Å². The second-order valence-electron chi connectivity index (χ2n) is 4.15. The predicted molar refractivity (Wildman–Crippen MR) is 68.5 cm³/mol. The average Bonchev–Trinajstić information content (AvgIpc) is 2.34. The molecule has 0 aliphatic heterocycles. The van der Waals surface area contributed by atoms with Crippen molar-refractivity contribution in [1.29, 1.82) is 0 Å². The van der Waals surface area contributed by atoms with E-state index >= 15 is 0 Å². The van der Waals surface area contributed by atoms with E-state index in [2.05, 4.69) is 6.58 Å². The molecular weight excluding hydrogens is 248 g/mol. The van der Waals surface area contributed by atoms with Crippen LogP contribution in [0.3, 0.4) is 0 Å². The minimum Gasteiger partial charge on any atom is -0.478 e. The zero-order valence-electron chi connectivity index (χ0n) is 10.5. The third kappa shape index (κ3) is 3.51. The summed E-state index contributed by atoms with van der Waals surface area (Å²) >= 11 is 0. The average molecular weight is 262 g/mol. The van der Waals surface area contributed by atoms with Crippen LogP contribution in [0.15, 0.2) is 30.4 Å². The van der Waals surface area contributed by atoms with Crippen molar-refractivity contribution in [1.82, 2.24) is 0 Å². The molecule has 0 atom stereocenters. The molecule has 0 bridgehead atoms. The number of hydrogen-bond donors (Lipinski definition) is 2. The maximum absolute atomic E-state index is 11.5. The first-order valence-electron chi connectivity index (χ1n) is 5.61. The Balaban J connectivity index is 3.10. The summed E-state index contributed by atoms with van der Waals surface area (Å²) in [6, 6.07) is 4.22. The number of aryl methyl sites for hydroxylation is 1. The molecule has 5 heteroatoms. The lowest BCUT2D eigenvalue weighted by molar-refractivity contribution is -0.115. The number of carboxylic acids is 2. The zero-order valence-corrected chi connectivity index (χ0v) is 10.5. The van der Waals surface area contributed by atoms with Crippen molar-refractivity contribution in [3.63, 3.8) is 0 Å². The number of aromatic carboxylic acids is 2. The van der Waals surface area contributed by atoms with E-state index in [-0.39, 0.29) is 29.8 Å². The Bertz CT molecular complexity index is 557. The van der Waals surface area contributed by atoms with E-state index in [9.17, 15) is 14.4 Å². The molecule has 0 saturated heterocycles. The van der Waals surface area contributed by atoms with E-state index in [0.717, 1.165) is 0 Å². The van der Waals surface area contributed by atoms with Crippen molar-refractivity contribution in [3.05, 3.63) is 47.0 Å². The lowest BCUT2D eigenvalue weighted by Crippen LogP contribution is -2.12. The maximum atomic E-state index is 11.5. The number of Topliss-reactive ketones (excluding diaryl/α,β-unsaturated/α-hetero) is 1. The van der Waals surface area contributed by atoms with Crippen LogP contribution >= 0.6 is 0 Å². The topological polar surface area (TPSA) is 91.7 Å². The fraction of sp³-hybridized carbons (Fsp3) is 0.214. The number of ketones is 1. The third-order valence-corrected chi connectivity index (χ3v) is 2.69. The van der Waals surface area contributed by atoms with Crippen molar-refractivity contribution in [3.8, 4) is 0 Å². The molecule has 0 aliphatic carbocycles. The van der Waals surface area contributed by atoms with Gasteiger partial charge in [0.1, 0.15) is 0 Å². The van der Waals surface area contributed by atoms with Gasteiger partial charge in [0.25, 0.3) is 0 Å². The van der Waals surface area contributed by atoms with E-state index < -0.39 is 11.9 Å². The quantitative estimate of drug-likeness (QED) is 0.766. The third-order valence-electron chi connectivity index (χ3n) is 2.69. The second-order valence-corrected chi connectivity index (χ2v) is 4.15. The monoisotopic (exact) mass is 262 g/mol. The number of carbonyl (C=O) groups excluding carboxylic acids is 1. The number of allylic oxidation sites excluding steroid dienone is 1. The number of benzene rings is 1. The highest BCUT2D eigenvalue weighted by Gasteiger charge is 2.20. The number of carbonyl (C=O) groups is 3. The molecule has 5 nitrogen and oxygen atoms in total. The molecule has 1 aromatic rings. The molecule has 0 amide bonds. The smallest absolute Gasteiger partial charge is 0.336 e. The Morgan fingerprint density at radius 1 is 1.16 bits per heavy atom. The lowest BCUT2D eigenvalue weighted by atomic mass is 9.96. The summed E-state index contributed by atoms with van der Waals surface area (Å²) in [5, 5.41) is 18.1. The van der Waals surface area contributed by atoms with Crippen LogP contribution in [-0.4, -0.2) is 27.9 Å². The summed E-state index contributed by atoms with van der Waals surface area (Å²) in [6.07, 6.45) is 0.285. The number of rotatable bonds is 6. The van der Waals surface area contributed by atoms with E-state index in [1.807, 2.05) is 0 Å². The van der Waals surface area contributed by atoms with Crippen LogP contribution in [-0.2, 0) is 11.2 Å². The van der Waals surface area contributed by atoms with Gasteiger partial charge in [0.2, 0.25) is 0 Å². The molecule has 100 valence electrons. The van der Waals surface area contributed by atoms with Gasteiger partial charge in [-0.1, -0.05) is 18.7 Å². The predicted octanol–water partition coefficient (Wildman–Crippen LogP) is 2.16. The first kappa shape index (κ1) is 14.6. The molecule has 0 heterocycles. The normalized spacial score (nSPS) is 9.95. The zero-order chi connectivity index (χ0) is 14.6. The van der Waals surface area contributed by atoms with E-state index in [1.54, 1.807) is 6.92 Å². The largest absolute Gasteiger partial charge is 0.478 e. The Labute approximate surface area is 110 Å². The fourth-order valence-electron chi connectivity index (χ4n) is 1.70. The van der Waals surface area contributed by atoms with Gasteiger partial charge in [-0.2, -0.15) is 0 Å². The summed E-state index contributed by atoms with van der Waals surface area (Å²) in [5.74, 6) is -2.78. The van der Waals surface area contributed by atoms with Crippen molar-refractivity contribution in [2.24, 2.45) is 0 Å². The lowest BCUT2D eigenvalue weighted by Gasteiger charge is -2.08. The number of carboxylic acid groups (broad SMARTS) is 2. The second kappa shape index (κ2) is 5.95. The van der Waals surface area contributed by atoms with Crippen LogP contribution < -0.4 is 0 Å². The van der Waals surface area contributed by atoms with Crippen LogP contribution in [0.4, 0.5) is 0 Å². The summed E-state index contributed by atoms with van der Waals surface area (Å²) in [5.41, 5.74) is 0.200. The minimum atomic E-state index is -1.31. The molecule has 1 rings (SSSR count). The van der Waals surface area contributed by atoms with E-state index in [4.69, 9.17) is 10.2 Å². The highest BCUT2D eigenvalue weighted by atomic mass is 16.4. The van der Waals surface area contributed by atoms with Crippen LogP contribution in [0.25, 0.3) is 0 Å². The molecule has 2 N–H and O–H groups in total. The van der Waals surface area contributed by atoms with E-state index in [0.29, 0.717) is 11.1 Å². The van der Waals surface area contributed by atoms with Crippen LogP contribution in [0.5, 0.6) is 0 Å². The van der Waals surface area contributed by atoms with Gasteiger partial charge in [-0.05, 0) is 30.5 Å². The SMILES string of the molecule is C=C(C)C(=O)CCc1cccc(C(=O)O)c1C(=O)O. The van der Waals surface area contributed by atoms with Crippen molar-refractivity contribution < 1.29 is 24.6 Å². The van der Waals surface area contributed by atoms with Crippen LogP contribution in [0.1, 0.15) is 39.6 Å². The Kier molecular flexibility index (Phi) is 4.58. The Morgan fingerprint density at radius 2 is 1.79 bits per heavy atom. The molecular formula is C14H14O5. The van der Waals surface area contributed by atoms with Gasteiger partial charge in [0.15, 0.2) is 5.78 Å². The molecule has 0 radical (unpaired) electrons. The molecule has 1 aromatic carbocycles. The maximum Gasteiger partial charge on any atom is 0.336 e. The highest BCUT2D eigenvalue weighted by molar-refractivity contribution is 6.03. The highest BCUT2D eigenvalue weighted by Crippen LogP contribution is 2.17. The van der Waals surface area contributed by atoms with Crippen molar-refractivity contribution in [2.45, 2.75) is 19.8 Å². The molecule has 19 heavy (non-hydrogen) atoms. The molecule has 0 fully saturated rings.